The van der Waals surface area contributed by atoms with Crippen molar-refractivity contribution in [1.29, 1.82) is 0 Å². The van der Waals surface area contributed by atoms with Crippen LogP contribution in [-0.4, -0.2) is 51.3 Å². The minimum Gasteiger partial charge on any atom is -0.548 e. The maximum absolute atomic E-state index is 11.1. The summed E-state index contributed by atoms with van der Waals surface area (Å²) in [7, 11) is 0. The molecule has 1 amide bonds. The van der Waals surface area contributed by atoms with Crippen LogP contribution >= 0.6 is 0 Å². The van der Waals surface area contributed by atoms with Crippen molar-refractivity contribution in [2.45, 2.75) is 12.8 Å². The first kappa shape index (κ1) is 12.9. The number of rotatable bonds is 7. The SMILES string of the molecule is O=C([O-])COCC(=O)NCC[NH+]1CCCC1. The topological polar surface area (TPSA) is 82.9 Å². The van der Waals surface area contributed by atoms with E-state index in [9.17, 15) is 14.7 Å². The monoisotopic (exact) mass is 230 g/mol. The molecule has 1 heterocycles. The van der Waals surface area contributed by atoms with Gasteiger partial charge in [-0.2, -0.15) is 0 Å². The fourth-order valence-corrected chi connectivity index (χ4v) is 1.78. The Bertz CT molecular complexity index is 239. The van der Waals surface area contributed by atoms with Gasteiger partial charge in [0.05, 0.1) is 38.8 Å². The summed E-state index contributed by atoms with van der Waals surface area (Å²) >= 11 is 0. The number of likely N-dealkylation sites (tertiary alicyclic amines) is 1. The van der Waals surface area contributed by atoms with Crippen molar-refractivity contribution in [3.63, 3.8) is 0 Å². The maximum Gasteiger partial charge on any atom is 0.246 e. The van der Waals surface area contributed by atoms with E-state index in [4.69, 9.17) is 0 Å². The second-order valence-electron chi connectivity index (χ2n) is 3.92. The molecule has 1 aliphatic heterocycles. The van der Waals surface area contributed by atoms with Gasteiger partial charge in [0.1, 0.15) is 6.61 Å². The van der Waals surface area contributed by atoms with Crippen molar-refractivity contribution in [3.8, 4) is 0 Å². The summed E-state index contributed by atoms with van der Waals surface area (Å²) in [5, 5.41) is 12.7. The summed E-state index contributed by atoms with van der Waals surface area (Å²) in [6.45, 7) is 3.14. The zero-order valence-corrected chi connectivity index (χ0v) is 9.29. The van der Waals surface area contributed by atoms with Crippen molar-refractivity contribution in [2.75, 3.05) is 39.4 Å². The van der Waals surface area contributed by atoms with Gasteiger partial charge in [-0.05, 0) is 0 Å². The van der Waals surface area contributed by atoms with Gasteiger partial charge < -0.3 is 24.9 Å². The van der Waals surface area contributed by atoms with Crippen LogP contribution in [0, 0.1) is 0 Å². The van der Waals surface area contributed by atoms with E-state index in [1.54, 1.807) is 0 Å². The van der Waals surface area contributed by atoms with Crippen molar-refractivity contribution < 1.29 is 24.3 Å². The number of quaternary nitrogens is 1. The molecule has 1 rings (SSSR count). The highest BCUT2D eigenvalue weighted by molar-refractivity contribution is 5.77. The molecule has 0 aromatic rings. The number of hydrogen-bond donors (Lipinski definition) is 2. The molecule has 0 atom stereocenters. The van der Waals surface area contributed by atoms with E-state index < -0.39 is 12.6 Å². The molecule has 1 saturated heterocycles. The summed E-state index contributed by atoms with van der Waals surface area (Å²) in [6.07, 6.45) is 2.52. The number of carbonyl (C=O) groups excluding carboxylic acids is 2. The van der Waals surface area contributed by atoms with Crippen LogP contribution in [0.15, 0.2) is 0 Å². The van der Waals surface area contributed by atoms with Crippen LogP contribution in [0.25, 0.3) is 0 Å². The van der Waals surface area contributed by atoms with Gasteiger partial charge in [0.15, 0.2) is 0 Å². The highest BCUT2D eigenvalue weighted by atomic mass is 16.5. The lowest BCUT2D eigenvalue weighted by Crippen LogP contribution is -3.10. The van der Waals surface area contributed by atoms with Crippen LogP contribution in [0.5, 0.6) is 0 Å². The Balaban J connectivity index is 1.95. The van der Waals surface area contributed by atoms with E-state index in [0.29, 0.717) is 6.54 Å². The average Bonchev–Trinajstić information content (AvgIpc) is 2.70. The van der Waals surface area contributed by atoms with Crippen molar-refractivity contribution in [1.82, 2.24) is 5.32 Å². The van der Waals surface area contributed by atoms with Gasteiger partial charge in [-0.3, -0.25) is 4.79 Å². The Labute approximate surface area is 94.6 Å². The first-order valence-corrected chi connectivity index (χ1v) is 5.56. The van der Waals surface area contributed by atoms with E-state index in [0.717, 1.165) is 6.54 Å². The van der Waals surface area contributed by atoms with Gasteiger partial charge in [0.2, 0.25) is 5.91 Å². The molecule has 6 nitrogen and oxygen atoms in total. The normalized spacial score (nSPS) is 16.2. The zero-order valence-electron chi connectivity index (χ0n) is 9.29. The van der Waals surface area contributed by atoms with Crippen LogP contribution in [-0.2, 0) is 14.3 Å². The van der Waals surface area contributed by atoms with Gasteiger partial charge >= 0.3 is 0 Å². The third-order valence-corrected chi connectivity index (χ3v) is 2.56. The number of carboxylic acid groups (broad SMARTS) is 1. The molecule has 0 aromatic carbocycles. The minimum atomic E-state index is -1.31. The van der Waals surface area contributed by atoms with Gasteiger partial charge in [-0.15, -0.1) is 0 Å². The summed E-state index contributed by atoms with van der Waals surface area (Å²) in [5.41, 5.74) is 0. The molecule has 0 radical (unpaired) electrons. The number of aliphatic carboxylic acids is 1. The third kappa shape index (κ3) is 5.67. The van der Waals surface area contributed by atoms with E-state index in [-0.39, 0.29) is 12.5 Å². The number of nitrogens with one attached hydrogen (secondary N) is 2. The Hall–Kier alpha value is -1.14. The van der Waals surface area contributed by atoms with Gasteiger partial charge in [-0.25, -0.2) is 0 Å². The predicted molar refractivity (Wildman–Crippen MR) is 53.6 cm³/mol. The molecule has 1 fully saturated rings. The lowest BCUT2D eigenvalue weighted by molar-refractivity contribution is -0.886. The van der Waals surface area contributed by atoms with Crippen molar-refractivity contribution in [3.05, 3.63) is 0 Å². The van der Waals surface area contributed by atoms with Crippen molar-refractivity contribution >= 4 is 11.9 Å². The van der Waals surface area contributed by atoms with Crippen LogP contribution in [0.1, 0.15) is 12.8 Å². The van der Waals surface area contributed by atoms with Gasteiger partial charge in [0.25, 0.3) is 0 Å². The van der Waals surface area contributed by atoms with Crippen LogP contribution in [0.3, 0.4) is 0 Å². The summed E-state index contributed by atoms with van der Waals surface area (Å²) in [4.78, 5) is 22.6. The molecule has 6 heteroatoms. The van der Waals surface area contributed by atoms with Gasteiger partial charge in [0, 0.05) is 12.8 Å². The fourth-order valence-electron chi connectivity index (χ4n) is 1.78. The van der Waals surface area contributed by atoms with E-state index >= 15 is 0 Å². The number of carboxylic acids is 1. The smallest absolute Gasteiger partial charge is 0.246 e. The third-order valence-electron chi connectivity index (χ3n) is 2.56. The second-order valence-corrected chi connectivity index (χ2v) is 3.92. The average molecular weight is 230 g/mol. The largest absolute Gasteiger partial charge is 0.548 e. The number of amides is 1. The number of carbonyl (C=O) groups is 2. The quantitative estimate of drug-likeness (QED) is 0.476. The zero-order chi connectivity index (χ0) is 11.8. The molecule has 0 unspecified atom stereocenters. The molecule has 2 N–H and O–H groups in total. The van der Waals surface area contributed by atoms with E-state index in [2.05, 4.69) is 10.1 Å². The highest BCUT2D eigenvalue weighted by Gasteiger charge is 2.14. The fraction of sp³-hybridized carbons (Fsp3) is 0.800. The van der Waals surface area contributed by atoms with Crippen molar-refractivity contribution in [2.24, 2.45) is 0 Å². The lowest BCUT2D eigenvalue weighted by Gasteiger charge is -2.12. The molecule has 0 bridgehead atoms. The van der Waals surface area contributed by atoms with E-state index in [1.807, 2.05) is 0 Å². The van der Waals surface area contributed by atoms with Gasteiger partial charge in [-0.1, -0.05) is 0 Å². The molecule has 16 heavy (non-hydrogen) atoms. The number of hydrogen-bond acceptors (Lipinski definition) is 4. The maximum atomic E-state index is 11.1. The highest BCUT2D eigenvalue weighted by Crippen LogP contribution is 1.86. The van der Waals surface area contributed by atoms with E-state index in [1.165, 1.54) is 30.8 Å². The van der Waals surface area contributed by atoms with Crippen LogP contribution < -0.4 is 15.3 Å². The number of ether oxygens (including phenoxy) is 1. The molecule has 92 valence electrons. The first-order valence-electron chi connectivity index (χ1n) is 5.56. The standard InChI is InChI=1S/C10H18N2O4/c13-9(7-16-8-10(14)15)11-3-6-12-4-1-2-5-12/h1-8H2,(H,11,13)(H,14,15). The minimum absolute atomic E-state index is 0.219. The Kier molecular flexibility index (Phi) is 5.81. The van der Waals surface area contributed by atoms with Crippen LogP contribution in [0.2, 0.25) is 0 Å². The molecular weight excluding hydrogens is 212 g/mol. The Morgan fingerprint density at radius 1 is 1.25 bits per heavy atom. The second kappa shape index (κ2) is 7.19. The molecule has 0 saturated carbocycles. The molecule has 0 spiro atoms. The predicted octanol–water partition coefficient (Wildman–Crippen LogP) is -3.45. The molecule has 0 aliphatic carbocycles. The first-order chi connectivity index (χ1) is 7.68. The summed E-state index contributed by atoms with van der Waals surface area (Å²) < 4.78 is 4.60. The molecule has 0 aromatic heterocycles. The Morgan fingerprint density at radius 2 is 1.94 bits per heavy atom. The molecule has 1 aliphatic rings. The Morgan fingerprint density at radius 3 is 2.56 bits per heavy atom. The lowest BCUT2D eigenvalue weighted by atomic mass is 10.4. The molecular formula is C10H18N2O4. The summed E-state index contributed by atoms with van der Waals surface area (Å²) in [6, 6.07) is 0. The summed E-state index contributed by atoms with van der Waals surface area (Å²) in [5.74, 6) is -1.59. The van der Waals surface area contributed by atoms with Crippen LogP contribution in [0.4, 0.5) is 0 Å².